The number of ether oxygens (including phenoxy) is 2. The van der Waals surface area contributed by atoms with Crippen molar-refractivity contribution in [1.29, 1.82) is 0 Å². The number of anilines is 2. The number of nitrogens with zero attached hydrogens (tertiary/aromatic N) is 6. The van der Waals surface area contributed by atoms with Crippen LogP contribution in [0.4, 0.5) is 29.6 Å². The Hall–Kier alpha value is -2.60. The van der Waals surface area contributed by atoms with Gasteiger partial charge in [0.25, 0.3) is 0 Å². The van der Waals surface area contributed by atoms with Gasteiger partial charge in [0.2, 0.25) is 5.82 Å². The summed E-state index contributed by atoms with van der Waals surface area (Å²) in [5, 5.41) is 0. The van der Waals surface area contributed by atoms with Gasteiger partial charge in [-0.25, -0.2) is 14.8 Å². The third kappa shape index (κ3) is 5.68. The minimum absolute atomic E-state index is 0.0220. The van der Waals surface area contributed by atoms with Crippen LogP contribution in [-0.2, 0) is 15.7 Å². The van der Waals surface area contributed by atoms with Crippen LogP contribution in [0.2, 0.25) is 0 Å². The molecule has 1 amide bonds. The number of alkyl halides is 3. The van der Waals surface area contributed by atoms with E-state index in [-0.39, 0.29) is 23.8 Å². The van der Waals surface area contributed by atoms with Crippen LogP contribution >= 0.6 is 0 Å². The summed E-state index contributed by atoms with van der Waals surface area (Å²) >= 11 is 0. The first-order chi connectivity index (χ1) is 18.3. The SMILES string of the molecule is CC1=CCOC12CCN(c1cc(N3C[C@@H](N4CCN(C(=O)OC(C)(C)C)CC4)[C@H]3C)nc(C(F)(F)F)n1)CC2. The van der Waals surface area contributed by atoms with Gasteiger partial charge in [-0.15, -0.1) is 0 Å². The van der Waals surface area contributed by atoms with Gasteiger partial charge in [0.15, 0.2) is 0 Å². The van der Waals surface area contributed by atoms with Crippen molar-refractivity contribution in [3.8, 4) is 0 Å². The molecule has 0 saturated carbocycles. The van der Waals surface area contributed by atoms with Crippen molar-refractivity contribution in [2.45, 2.75) is 76.9 Å². The van der Waals surface area contributed by atoms with Crippen LogP contribution in [-0.4, -0.2) is 102 Å². The van der Waals surface area contributed by atoms with Crippen molar-refractivity contribution in [2.24, 2.45) is 0 Å². The molecule has 0 radical (unpaired) electrons. The molecular weight excluding hydrogens is 513 g/mol. The first kappa shape index (κ1) is 27.9. The summed E-state index contributed by atoms with van der Waals surface area (Å²) in [6.07, 6.45) is -1.44. The molecule has 0 aromatic carbocycles. The Balaban J connectivity index is 1.24. The van der Waals surface area contributed by atoms with E-state index >= 15 is 0 Å². The highest BCUT2D eigenvalue weighted by Gasteiger charge is 2.44. The molecule has 4 aliphatic heterocycles. The van der Waals surface area contributed by atoms with Crippen LogP contribution in [0.1, 0.15) is 53.3 Å². The summed E-state index contributed by atoms with van der Waals surface area (Å²) < 4.78 is 52.9. The molecule has 1 aromatic heterocycles. The fraction of sp³-hybridized carbons (Fsp3) is 0.741. The molecule has 5 rings (SSSR count). The van der Waals surface area contributed by atoms with Gasteiger partial charge in [-0.2, -0.15) is 13.2 Å². The van der Waals surface area contributed by atoms with Crippen molar-refractivity contribution in [2.75, 3.05) is 62.2 Å². The van der Waals surface area contributed by atoms with Crippen LogP contribution < -0.4 is 9.80 Å². The van der Waals surface area contributed by atoms with Crippen LogP contribution in [0.3, 0.4) is 0 Å². The van der Waals surface area contributed by atoms with Crippen molar-refractivity contribution in [1.82, 2.24) is 19.8 Å². The molecule has 12 heteroatoms. The maximum absolute atomic E-state index is 13.8. The van der Waals surface area contributed by atoms with Crippen molar-refractivity contribution in [3.05, 3.63) is 23.5 Å². The van der Waals surface area contributed by atoms with Gasteiger partial charge in [-0.1, -0.05) is 6.08 Å². The van der Waals surface area contributed by atoms with Gasteiger partial charge in [0.05, 0.1) is 12.2 Å². The molecule has 5 heterocycles. The van der Waals surface area contributed by atoms with Gasteiger partial charge in [0, 0.05) is 64.0 Å². The van der Waals surface area contributed by atoms with Crippen LogP contribution in [0, 0.1) is 0 Å². The molecule has 39 heavy (non-hydrogen) atoms. The molecule has 0 N–H and O–H groups in total. The summed E-state index contributed by atoms with van der Waals surface area (Å²) in [6, 6.07) is 1.84. The van der Waals surface area contributed by atoms with E-state index < -0.39 is 17.6 Å². The number of carbonyl (C=O) groups is 1. The summed E-state index contributed by atoms with van der Waals surface area (Å²) in [5.41, 5.74) is 0.360. The Morgan fingerprint density at radius 1 is 1.05 bits per heavy atom. The van der Waals surface area contributed by atoms with E-state index in [1.54, 1.807) is 11.0 Å². The first-order valence-electron chi connectivity index (χ1n) is 13.8. The van der Waals surface area contributed by atoms with E-state index in [1.807, 2.05) is 37.5 Å². The van der Waals surface area contributed by atoms with Crippen molar-refractivity contribution < 1.29 is 27.4 Å². The lowest BCUT2D eigenvalue weighted by Crippen LogP contribution is -2.68. The maximum atomic E-state index is 13.8. The topological polar surface area (TPSA) is 74.3 Å². The number of halogens is 3. The zero-order chi connectivity index (χ0) is 28.2. The van der Waals surface area contributed by atoms with E-state index in [1.165, 1.54) is 5.57 Å². The average Bonchev–Trinajstić information content (AvgIpc) is 3.21. The number of piperazine rings is 1. The van der Waals surface area contributed by atoms with Gasteiger partial charge >= 0.3 is 12.3 Å². The highest BCUT2D eigenvalue weighted by atomic mass is 19.4. The van der Waals surface area contributed by atoms with E-state index in [9.17, 15) is 18.0 Å². The quantitative estimate of drug-likeness (QED) is 0.523. The summed E-state index contributed by atoms with van der Waals surface area (Å²) in [4.78, 5) is 28.1. The first-order valence-corrected chi connectivity index (χ1v) is 13.8. The lowest BCUT2D eigenvalue weighted by atomic mass is 9.85. The lowest BCUT2D eigenvalue weighted by molar-refractivity contribution is -0.144. The molecule has 0 bridgehead atoms. The third-order valence-electron chi connectivity index (χ3n) is 8.48. The smallest absolute Gasteiger partial charge is 0.444 e. The van der Waals surface area contributed by atoms with Crippen molar-refractivity contribution in [3.63, 3.8) is 0 Å². The van der Waals surface area contributed by atoms with E-state index in [2.05, 4.69) is 27.9 Å². The van der Waals surface area contributed by atoms with Gasteiger partial charge in [0.1, 0.15) is 17.2 Å². The van der Waals surface area contributed by atoms with Crippen LogP contribution in [0.15, 0.2) is 17.7 Å². The Morgan fingerprint density at radius 2 is 1.69 bits per heavy atom. The average molecular weight is 553 g/mol. The zero-order valence-electron chi connectivity index (χ0n) is 23.4. The molecule has 1 spiro atoms. The molecule has 9 nitrogen and oxygen atoms in total. The minimum Gasteiger partial charge on any atom is -0.444 e. The molecule has 0 unspecified atom stereocenters. The lowest BCUT2D eigenvalue weighted by Gasteiger charge is -2.53. The highest BCUT2D eigenvalue weighted by Crippen LogP contribution is 2.40. The molecule has 1 aromatic rings. The largest absolute Gasteiger partial charge is 0.451 e. The molecule has 4 aliphatic rings. The number of carbonyl (C=O) groups excluding carboxylic acids is 1. The molecule has 2 atom stereocenters. The highest BCUT2D eigenvalue weighted by molar-refractivity contribution is 5.68. The Kier molecular flexibility index (Phi) is 7.24. The number of hydrogen-bond donors (Lipinski definition) is 0. The van der Waals surface area contributed by atoms with E-state index in [0.717, 1.165) is 0 Å². The van der Waals surface area contributed by atoms with Gasteiger partial charge in [-0.05, 0) is 53.0 Å². The summed E-state index contributed by atoms with van der Waals surface area (Å²) in [6.45, 7) is 14.4. The predicted molar refractivity (Wildman–Crippen MR) is 141 cm³/mol. The Morgan fingerprint density at radius 3 is 2.23 bits per heavy atom. The fourth-order valence-electron chi connectivity index (χ4n) is 6.00. The normalized spacial score (nSPS) is 26.1. The Labute approximate surface area is 227 Å². The third-order valence-corrected chi connectivity index (χ3v) is 8.48. The van der Waals surface area contributed by atoms with Gasteiger partial charge < -0.3 is 24.2 Å². The molecule has 3 saturated heterocycles. The Bertz CT molecular complexity index is 1100. The van der Waals surface area contributed by atoms with Crippen LogP contribution in [0.25, 0.3) is 0 Å². The number of piperidine rings is 1. The maximum Gasteiger partial charge on any atom is 0.451 e. The number of aromatic nitrogens is 2. The molecule has 0 aliphatic carbocycles. The second kappa shape index (κ2) is 10.1. The summed E-state index contributed by atoms with van der Waals surface area (Å²) in [7, 11) is 0. The number of amides is 1. The monoisotopic (exact) mass is 552 g/mol. The number of hydrogen-bond acceptors (Lipinski definition) is 8. The van der Waals surface area contributed by atoms with Crippen molar-refractivity contribution >= 4 is 17.7 Å². The predicted octanol–water partition coefficient (Wildman–Crippen LogP) is 3.94. The standard InChI is InChI=1S/C27H39F3N6O3/c1-18-6-15-38-26(18)7-9-34(10-8-26)21-16-22(32-23(31-21)27(28,29)30)36-17-20(19(36)2)33-11-13-35(14-12-33)24(37)39-25(3,4)5/h6,16,19-20H,7-15,17H2,1-5H3/t19-,20-/m1/s1. The second-order valence-corrected chi connectivity index (χ2v) is 12.0. The van der Waals surface area contributed by atoms with E-state index in [0.29, 0.717) is 76.9 Å². The zero-order valence-corrected chi connectivity index (χ0v) is 23.4. The fourth-order valence-corrected chi connectivity index (χ4v) is 6.00. The number of rotatable bonds is 3. The minimum atomic E-state index is -4.64. The van der Waals surface area contributed by atoms with Crippen LogP contribution in [0.5, 0.6) is 0 Å². The molecule has 3 fully saturated rings. The van der Waals surface area contributed by atoms with Gasteiger partial charge in [-0.3, -0.25) is 4.90 Å². The second-order valence-electron chi connectivity index (χ2n) is 12.0. The van der Waals surface area contributed by atoms with E-state index in [4.69, 9.17) is 9.47 Å². The molecular formula is C27H39F3N6O3. The summed E-state index contributed by atoms with van der Waals surface area (Å²) in [5.74, 6) is -0.495. The molecule has 216 valence electrons.